The molecule has 0 amide bonds. The Labute approximate surface area is 56.7 Å². The van der Waals surface area contributed by atoms with Gasteiger partial charge in [-0.15, -0.1) is 0 Å². The SMILES string of the molecule is C=CCOc1coc(=O)o1. The molecule has 0 aromatic carbocycles. The van der Waals surface area contributed by atoms with Gasteiger partial charge in [0.1, 0.15) is 6.61 Å². The highest BCUT2D eigenvalue weighted by atomic mass is 16.7. The van der Waals surface area contributed by atoms with Crippen LogP contribution in [0.15, 0.2) is 32.5 Å². The monoisotopic (exact) mass is 142 g/mol. The summed E-state index contributed by atoms with van der Waals surface area (Å²) in [5.41, 5.74) is 0. The molecule has 1 heterocycles. The Kier molecular flexibility index (Phi) is 1.94. The van der Waals surface area contributed by atoms with Crippen molar-refractivity contribution in [2.24, 2.45) is 0 Å². The molecule has 0 bridgehead atoms. The molecule has 0 unspecified atom stereocenters. The van der Waals surface area contributed by atoms with Gasteiger partial charge in [-0.05, 0) is 0 Å². The highest BCUT2D eigenvalue weighted by Gasteiger charge is 1.98. The Balaban J connectivity index is 2.58. The third-order valence-electron chi connectivity index (χ3n) is 0.779. The highest BCUT2D eigenvalue weighted by Crippen LogP contribution is 2.04. The van der Waals surface area contributed by atoms with Crippen LogP contribution in [0.4, 0.5) is 0 Å². The van der Waals surface area contributed by atoms with E-state index in [9.17, 15) is 4.79 Å². The van der Waals surface area contributed by atoms with Crippen molar-refractivity contribution in [2.45, 2.75) is 0 Å². The third-order valence-corrected chi connectivity index (χ3v) is 0.779. The van der Waals surface area contributed by atoms with Crippen LogP contribution in [-0.4, -0.2) is 6.61 Å². The van der Waals surface area contributed by atoms with Gasteiger partial charge < -0.3 is 13.6 Å². The Bertz CT molecular complexity index is 257. The van der Waals surface area contributed by atoms with Crippen molar-refractivity contribution in [3.63, 3.8) is 0 Å². The number of hydrogen-bond acceptors (Lipinski definition) is 4. The van der Waals surface area contributed by atoms with E-state index in [1.165, 1.54) is 6.08 Å². The molecule has 1 rings (SSSR count). The number of ether oxygens (including phenoxy) is 1. The molecule has 0 aliphatic rings. The molecule has 0 atom stereocenters. The zero-order chi connectivity index (χ0) is 7.40. The van der Waals surface area contributed by atoms with Gasteiger partial charge in [-0.1, -0.05) is 12.7 Å². The molecule has 1 aromatic rings. The molecule has 0 fully saturated rings. The van der Waals surface area contributed by atoms with E-state index in [0.717, 1.165) is 6.26 Å². The Hall–Kier alpha value is -1.45. The lowest BCUT2D eigenvalue weighted by molar-refractivity contribution is 0.258. The lowest BCUT2D eigenvalue weighted by atomic mass is 10.7. The first kappa shape index (κ1) is 6.67. The van der Waals surface area contributed by atoms with Crippen molar-refractivity contribution in [3.05, 3.63) is 29.5 Å². The Morgan fingerprint density at radius 2 is 2.60 bits per heavy atom. The fourth-order valence-electron chi connectivity index (χ4n) is 0.431. The fraction of sp³-hybridized carbons (Fsp3) is 0.167. The first-order valence-corrected chi connectivity index (χ1v) is 2.65. The third kappa shape index (κ3) is 1.51. The van der Waals surface area contributed by atoms with E-state index >= 15 is 0 Å². The van der Waals surface area contributed by atoms with Gasteiger partial charge in [-0.25, -0.2) is 4.79 Å². The number of rotatable bonds is 3. The van der Waals surface area contributed by atoms with E-state index in [-0.39, 0.29) is 5.95 Å². The molecule has 0 aliphatic heterocycles. The normalized spacial score (nSPS) is 9.20. The molecule has 0 radical (unpaired) electrons. The largest absolute Gasteiger partial charge is 0.521 e. The van der Waals surface area contributed by atoms with Crippen molar-refractivity contribution in [1.29, 1.82) is 0 Å². The van der Waals surface area contributed by atoms with E-state index in [2.05, 4.69) is 15.4 Å². The smallest absolute Gasteiger partial charge is 0.459 e. The zero-order valence-electron chi connectivity index (χ0n) is 5.20. The van der Waals surface area contributed by atoms with Gasteiger partial charge in [-0.2, -0.15) is 0 Å². The molecular weight excluding hydrogens is 136 g/mol. The van der Waals surface area contributed by atoms with E-state index in [4.69, 9.17) is 4.74 Å². The lowest BCUT2D eigenvalue weighted by Gasteiger charge is -1.91. The minimum Gasteiger partial charge on any atom is -0.459 e. The van der Waals surface area contributed by atoms with Gasteiger partial charge in [0.25, 0.3) is 0 Å². The predicted molar refractivity (Wildman–Crippen MR) is 32.9 cm³/mol. The summed E-state index contributed by atoms with van der Waals surface area (Å²) in [5, 5.41) is 0. The van der Waals surface area contributed by atoms with Gasteiger partial charge >= 0.3 is 11.8 Å². The lowest BCUT2D eigenvalue weighted by Crippen LogP contribution is -1.91. The van der Waals surface area contributed by atoms with Crippen LogP contribution in [0.2, 0.25) is 0 Å². The molecular formula is C6H6O4. The van der Waals surface area contributed by atoms with Crippen molar-refractivity contribution in [3.8, 4) is 5.95 Å². The van der Waals surface area contributed by atoms with Crippen molar-refractivity contribution >= 4 is 0 Å². The van der Waals surface area contributed by atoms with Crippen LogP contribution in [0.3, 0.4) is 0 Å². The summed E-state index contributed by atoms with van der Waals surface area (Å²) in [6.45, 7) is 3.70. The summed E-state index contributed by atoms with van der Waals surface area (Å²) in [5.74, 6) is -0.691. The molecule has 54 valence electrons. The minimum absolute atomic E-state index is 0.0740. The first-order valence-electron chi connectivity index (χ1n) is 2.65. The fourth-order valence-corrected chi connectivity index (χ4v) is 0.431. The van der Waals surface area contributed by atoms with E-state index in [1.54, 1.807) is 0 Å². The van der Waals surface area contributed by atoms with Gasteiger partial charge in [0.15, 0.2) is 6.26 Å². The molecule has 0 saturated heterocycles. The van der Waals surface area contributed by atoms with Crippen LogP contribution < -0.4 is 10.6 Å². The molecule has 0 aliphatic carbocycles. The van der Waals surface area contributed by atoms with E-state index < -0.39 is 5.82 Å². The zero-order valence-corrected chi connectivity index (χ0v) is 5.20. The first-order chi connectivity index (χ1) is 4.83. The van der Waals surface area contributed by atoms with Gasteiger partial charge in [0.2, 0.25) is 0 Å². The van der Waals surface area contributed by atoms with Gasteiger partial charge in [0, 0.05) is 0 Å². The van der Waals surface area contributed by atoms with Crippen molar-refractivity contribution in [1.82, 2.24) is 0 Å². The average Bonchev–Trinajstić information content (AvgIpc) is 2.31. The maximum atomic E-state index is 10.2. The van der Waals surface area contributed by atoms with Crippen LogP contribution in [0.5, 0.6) is 5.95 Å². The summed E-state index contributed by atoms with van der Waals surface area (Å²) in [6.07, 6.45) is 2.64. The Morgan fingerprint density at radius 1 is 1.80 bits per heavy atom. The highest BCUT2D eigenvalue weighted by molar-refractivity contribution is 4.92. The molecule has 4 heteroatoms. The number of hydrogen-bond donors (Lipinski definition) is 0. The average molecular weight is 142 g/mol. The van der Waals surface area contributed by atoms with Crippen molar-refractivity contribution < 1.29 is 13.6 Å². The van der Waals surface area contributed by atoms with Crippen molar-refractivity contribution in [2.75, 3.05) is 6.61 Å². The molecule has 4 nitrogen and oxygen atoms in total. The summed E-state index contributed by atoms with van der Waals surface area (Å²) >= 11 is 0. The molecule has 0 N–H and O–H groups in total. The van der Waals surface area contributed by atoms with Crippen LogP contribution in [0.1, 0.15) is 0 Å². The van der Waals surface area contributed by atoms with Gasteiger partial charge in [-0.3, -0.25) is 0 Å². The maximum Gasteiger partial charge on any atom is 0.521 e. The molecule has 10 heavy (non-hydrogen) atoms. The standard InChI is InChI=1S/C6H6O4/c1-2-3-8-5-4-9-6(7)10-5/h2,4H,1,3H2. The molecule has 1 aromatic heterocycles. The van der Waals surface area contributed by atoms with Crippen LogP contribution in [0.25, 0.3) is 0 Å². The van der Waals surface area contributed by atoms with E-state index in [0.29, 0.717) is 6.61 Å². The van der Waals surface area contributed by atoms with Crippen LogP contribution >= 0.6 is 0 Å². The second-order valence-electron chi connectivity index (χ2n) is 1.51. The summed E-state index contributed by atoms with van der Waals surface area (Å²) in [7, 11) is 0. The summed E-state index contributed by atoms with van der Waals surface area (Å²) in [4.78, 5) is 10.2. The summed E-state index contributed by atoms with van der Waals surface area (Å²) < 4.78 is 13.5. The topological polar surface area (TPSA) is 52.6 Å². The molecule has 0 spiro atoms. The van der Waals surface area contributed by atoms with Gasteiger partial charge in [0.05, 0.1) is 0 Å². The molecule has 0 saturated carbocycles. The quantitative estimate of drug-likeness (QED) is 0.585. The van der Waals surface area contributed by atoms with Crippen LogP contribution in [0, 0.1) is 0 Å². The second-order valence-corrected chi connectivity index (χ2v) is 1.51. The summed E-state index contributed by atoms with van der Waals surface area (Å²) in [6, 6.07) is 0. The Morgan fingerprint density at radius 3 is 3.10 bits per heavy atom. The van der Waals surface area contributed by atoms with E-state index in [1.807, 2.05) is 0 Å². The predicted octanol–water partition coefficient (Wildman–Crippen LogP) is 0.798. The second kappa shape index (κ2) is 2.91. The minimum atomic E-state index is -0.765. The van der Waals surface area contributed by atoms with Crippen LogP contribution in [-0.2, 0) is 0 Å². The maximum absolute atomic E-state index is 10.2.